The van der Waals surface area contributed by atoms with Crippen molar-refractivity contribution in [3.05, 3.63) is 29.8 Å². The molecule has 0 N–H and O–H groups in total. The number of benzene rings is 1. The van der Waals surface area contributed by atoms with Gasteiger partial charge in [-0.05, 0) is 6.92 Å². The van der Waals surface area contributed by atoms with E-state index in [0.29, 0.717) is 18.4 Å². The number of carbonyl (C=O) groups is 1. The van der Waals surface area contributed by atoms with Gasteiger partial charge in [0.15, 0.2) is 6.29 Å². The van der Waals surface area contributed by atoms with Crippen LogP contribution >= 0.6 is 0 Å². The Hall–Kier alpha value is -1.58. The van der Waals surface area contributed by atoms with Crippen molar-refractivity contribution in [2.75, 3.05) is 6.61 Å². The van der Waals surface area contributed by atoms with Crippen LogP contribution in [0.2, 0.25) is 0 Å². The summed E-state index contributed by atoms with van der Waals surface area (Å²) in [4.78, 5) is 10.7. The third-order valence-electron chi connectivity index (χ3n) is 1.85. The molecular weight excluding hydrogens is 194 g/mol. The molecule has 1 aromatic carbocycles. The molecule has 0 spiro atoms. The van der Waals surface area contributed by atoms with Crippen molar-refractivity contribution < 1.29 is 13.9 Å². The van der Waals surface area contributed by atoms with Gasteiger partial charge in [-0.3, -0.25) is 4.79 Å². The first-order valence-electron chi connectivity index (χ1n) is 4.46. The molecule has 0 saturated heterocycles. The van der Waals surface area contributed by atoms with Gasteiger partial charge >= 0.3 is 0 Å². The Labute approximate surface area is 89.2 Å². The van der Waals surface area contributed by atoms with Crippen LogP contribution in [0.1, 0.15) is 22.8 Å². The van der Waals surface area contributed by atoms with E-state index >= 15 is 0 Å². The molecular formula is C11H10BFO2. The van der Waals surface area contributed by atoms with Gasteiger partial charge in [-0.2, -0.15) is 0 Å². The monoisotopic (exact) mass is 204 g/mol. The lowest BCUT2D eigenvalue weighted by Crippen LogP contribution is -2.09. The third kappa shape index (κ3) is 2.46. The topological polar surface area (TPSA) is 26.3 Å². The highest BCUT2D eigenvalue weighted by Crippen LogP contribution is 2.28. The van der Waals surface area contributed by atoms with E-state index in [1.54, 1.807) is 6.92 Å². The van der Waals surface area contributed by atoms with E-state index in [2.05, 4.69) is 6.58 Å². The average Bonchev–Trinajstić information content (AvgIpc) is 2.19. The van der Waals surface area contributed by atoms with Crippen molar-refractivity contribution >= 4 is 25.4 Å². The van der Waals surface area contributed by atoms with Gasteiger partial charge in [0.05, 0.1) is 17.7 Å². The summed E-state index contributed by atoms with van der Waals surface area (Å²) in [5.41, 5.74) is 0.652. The fraction of sp³-hybridized carbons (Fsp3) is 0.182. The highest BCUT2D eigenvalue weighted by Gasteiger charge is 2.12. The van der Waals surface area contributed by atoms with Gasteiger partial charge in [-0.1, -0.05) is 24.2 Å². The standard InChI is InChI=1S/C11H10BFO2/c1-3-15-11-8(6-14)4-9(12)5-10(11)7(2)13/h4-6H,2-3H2,1H3. The lowest BCUT2D eigenvalue weighted by molar-refractivity contribution is 0.112. The Morgan fingerprint density at radius 3 is 2.80 bits per heavy atom. The Balaban J connectivity index is 3.39. The zero-order chi connectivity index (χ0) is 11.4. The molecule has 1 aromatic rings. The Morgan fingerprint density at radius 2 is 2.33 bits per heavy atom. The molecule has 0 heterocycles. The summed E-state index contributed by atoms with van der Waals surface area (Å²) < 4.78 is 18.3. The van der Waals surface area contributed by atoms with Crippen LogP contribution in [0.25, 0.3) is 5.83 Å². The molecule has 0 aromatic heterocycles. The molecule has 1 rings (SSSR count). The van der Waals surface area contributed by atoms with Crippen LogP contribution in [0.5, 0.6) is 5.75 Å². The fourth-order valence-corrected chi connectivity index (χ4v) is 1.27. The van der Waals surface area contributed by atoms with E-state index in [4.69, 9.17) is 12.6 Å². The molecule has 0 aliphatic heterocycles. The minimum absolute atomic E-state index is 0.124. The van der Waals surface area contributed by atoms with Gasteiger partial charge in [-0.15, -0.1) is 0 Å². The van der Waals surface area contributed by atoms with Crippen LogP contribution in [0, 0.1) is 0 Å². The maximum Gasteiger partial charge on any atom is 0.153 e. The summed E-state index contributed by atoms with van der Waals surface area (Å²) in [6.45, 7) is 5.25. The normalized spacial score (nSPS) is 9.73. The van der Waals surface area contributed by atoms with Crippen molar-refractivity contribution in [3.8, 4) is 5.75 Å². The van der Waals surface area contributed by atoms with E-state index < -0.39 is 5.83 Å². The summed E-state index contributed by atoms with van der Waals surface area (Å²) in [6.07, 6.45) is 0.577. The molecule has 15 heavy (non-hydrogen) atoms. The van der Waals surface area contributed by atoms with Crippen molar-refractivity contribution in [2.45, 2.75) is 6.92 Å². The molecule has 0 saturated carbocycles. The number of halogens is 1. The highest BCUT2D eigenvalue weighted by atomic mass is 19.1. The third-order valence-corrected chi connectivity index (χ3v) is 1.85. The van der Waals surface area contributed by atoms with E-state index in [9.17, 15) is 9.18 Å². The summed E-state index contributed by atoms with van der Waals surface area (Å²) in [5.74, 6) is -0.483. The summed E-state index contributed by atoms with van der Waals surface area (Å²) >= 11 is 0. The van der Waals surface area contributed by atoms with Crippen molar-refractivity contribution in [3.63, 3.8) is 0 Å². The molecule has 76 valence electrons. The van der Waals surface area contributed by atoms with Crippen molar-refractivity contribution in [1.29, 1.82) is 0 Å². The molecule has 0 amide bonds. The fourth-order valence-electron chi connectivity index (χ4n) is 1.27. The highest BCUT2D eigenvalue weighted by molar-refractivity contribution is 6.33. The second-order valence-corrected chi connectivity index (χ2v) is 2.94. The van der Waals surface area contributed by atoms with Crippen LogP contribution in [0.3, 0.4) is 0 Å². The minimum atomic E-state index is -0.672. The van der Waals surface area contributed by atoms with Gasteiger partial charge in [0.2, 0.25) is 0 Å². The molecule has 0 atom stereocenters. The second-order valence-electron chi connectivity index (χ2n) is 2.94. The van der Waals surface area contributed by atoms with Gasteiger partial charge in [-0.25, -0.2) is 4.39 Å². The second kappa shape index (κ2) is 4.78. The Bertz CT molecular complexity index is 402. The Kier molecular flexibility index (Phi) is 3.66. The summed E-state index contributed by atoms with van der Waals surface area (Å²) in [6, 6.07) is 2.82. The first kappa shape index (κ1) is 11.5. The molecule has 0 fully saturated rings. The lowest BCUT2D eigenvalue weighted by atomic mass is 9.91. The van der Waals surface area contributed by atoms with E-state index in [-0.39, 0.29) is 16.9 Å². The van der Waals surface area contributed by atoms with Gasteiger partial charge in [0.25, 0.3) is 0 Å². The quantitative estimate of drug-likeness (QED) is 0.550. The molecule has 4 heteroatoms. The van der Waals surface area contributed by atoms with Gasteiger partial charge in [0.1, 0.15) is 19.4 Å². The van der Waals surface area contributed by atoms with Crippen LogP contribution in [-0.4, -0.2) is 20.7 Å². The molecule has 2 radical (unpaired) electrons. The summed E-state index contributed by atoms with van der Waals surface area (Å²) in [7, 11) is 5.52. The van der Waals surface area contributed by atoms with E-state index in [1.807, 2.05) is 0 Å². The first-order valence-corrected chi connectivity index (χ1v) is 4.46. The van der Waals surface area contributed by atoms with Crippen molar-refractivity contribution in [2.24, 2.45) is 0 Å². The number of hydrogen-bond acceptors (Lipinski definition) is 2. The first-order chi connectivity index (χ1) is 7.10. The average molecular weight is 204 g/mol. The number of ether oxygens (including phenoxy) is 1. The minimum Gasteiger partial charge on any atom is -0.492 e. The Morgan fingerprint density at radius 1 is 1.67 bits per heavy atom. The van der Waals surface area contributed by atoms with Gasteiger partial charge < -0.3 is 4.74 Å². The number of rotatable bonds is 4. The van der Waals surface area contributed by atoms with Crippen molar-refractivity contribution in [1.82, 2.24) is 0 Å². The number of carbonyl (C=O) groups excluding carboxylic acids is 1. The predicted octanol–water partition coefficient (Wildman–Crippen LogP) is 1.63. The SMILES string of the molecule is [B]c1cc(C=O)c(OCC)c(C(=C)F)c1. The summed E-state index contributed by atoms with van der Waals surface area (Å²) in [5, 5.41) is 0. The molecule has 2 nitrogen and oxygen atoms in total. The van der Waals surface area contributed by atoms with Crippen LogP contribution in [-0.2, 0) is 0 Å². The molecule has 0 bridgehead atoms. The van der Waals surface area contributed by atoms with Crippen LogP contribution in [0.4, 0.5) is 4.39 Å². The maximum atomic E-state index is 13.1. The smallest absolute Gasteiger partial charge is 0.153 e. The predicted molar refractivity (Wildman–Crippen MR) is 58.5 cm³/mol. The molecule has 0 aliphatic carbocycles. The molecule has 0 aliphatic rings. The van der Waals surface area contributed by atoms with E-state index in [1.165, 1.54) is 12.1 Å². The van der Waals surface area contributed by atoms with Crippen LogP contribution < -0.4 is 10.2 Å². The largest absolute Gasteiger partial charge is 0.492 e. The zero-order valence-corrected chi connectivity index (χ0v) is 8.42. The number of hydrogen-bond donors (Lipinski definition) is 0. The lowest BCUT2D eigenvalue weighted by Gasteiger charge is -2.12. The maximum absolute atomic E-state index is 13.1. The van der Waals surface area contributed by atoms with Gasteiger partial charge in [0, 0.05) is 0 Å². The zero-order valence-electron chi connectivity index (χ0n) is 8.42. The van der Waals surface area contributed by atoms with Crippen LogP contribution in [0.15, 0.2) is 18.7 Å². The molecule has 0 unspecified atom stereocenters. The van der Waals surface area contributed by atoms with E-state index in [0.717, 1.165) is 0 Å². The number of aldehydes is 1.